The van der Waals surface area contributed by atoms with E-state index in [1.807, 2.05) is 13.8 Å². The fraction of sp³-hybridized carbons (Fsp3) is 0.429. The summed E-state index contributed by atoms with van der Waals surface area (Å²) in [6.45, 7) is 3.81. The number of nitrogens with zero attached hydrogens (tertiary/aromatic N) is 4. The van der Waals surface area contributed by atoms with Crippen molar-refractivity contribution in [3.05, 3.63) is 0 Å². The highest BCUT2D eigenvalue weighted by molar-refractivity contribution is 6.22. The van der Waals surface area contributed by atoms with Gasteiger partial charge >= 0.3 is 0 Å². The molecule has 0 aromatic carbocycles. The van der Waals surface area contributed by atoms with Crippen LogP contribution in [0.5, 0.6) is 0 Å². The van der Waals surface area contributed by atoms with Crippen LogP contribution in [0.4, 0.5) is 0 Å². The van der Waals surface area contributed by atoms with Crippen LogP contribution in [0.25, 0.3) is 0 Å². The summed E-state index contributed by atoms with van der Waals surface area (Å²) >= 11 is 0. The molecule has 2 aliphatic heterocycles. The molecule has 0 aliphatic carbocycles. The third-order valence-electron chi connectivity index (χ3n) is 1.66. The molecule has 0 radical (unpaired) electrons. The van der Waals surface area contributed by atoms with Gasteiger partial charge in [-0.1, -0.05) is 0 Å². The first-order valence-electron chi connectivity index (χ1n) is 3.47. The largest absolute Gasteiger partial charge is 0.256 e. The first-order chi connectivity index (χ1) is 5.27. The second-order valence-electron chi connectivity index (χ2n) is 2.57. The first-order valence-corrected chi connectivity index (χ1v) is 3.47. The maximum absolute atomic E-state index is 4.20. The summed E-state index contributed by atoms with van der Waals surface area (Å²) in [5, 5.41) is 0. The van der Waals surface area contributed by atoms with Gasteiger partial charge in [0.1, 0.15) is 18.2 Å². The lowest BCUT2D eigenvalue weighted by Crippen LogP contribution is -2.27. The van der Waals surface area contributed by atoms with Gasteiger partial charge in [0.2, 0.25) is 0 Å². The van der Waals surface area contributed by atoms with Gasteiger partial charge in [-0.05, 0) is 13.8 Å². The molecule has 2 rings (SSSR count). The standard InChI is InChI=1S/C7H8N4/c1-4-6-7(9-3-8-6)11-5(2)10-4/h3,6H,1-2H3. The second-order valence-corrected chi connectivity index (χ2v) is 2.57. The molecular formula is C7H8N4. The first kappa shape index (κ1) is 6.39. The zero-order valence-electron chi connectivity index (χ0n) is 6.44. The van der Waals surface area contributed by atoms with Gasteiger partial charge in [-0.2, -0.15) is 0 Å². The molecule has 2 heterocycles. The Labute approximate surface area is 64.5 Å². The minimum Gasteiger partial charge on any atom is -0.256 e. The summed E-state index contributed by atoms with van der Waals surface area (Å²) < 4.78 is 0. The quantitative estimate of drug-likeness (QED) is 0.485. The third-order valence-corrected chi connectivity index (χ3v) is 1.66. The molecule has 0 aromatic heterocycles. The van der Waals surface area contributed by atoms with E-state index in [9.17, 15) is 0 Å². The molecule has 4 heteroatoms. The molecule has 1 atom stereocenters. The molecule has 4 nitrogen and oxygen atoms in total. The molecule has 0 aromatic rings. The molecule has 0 saturated carbocycles. The summed E-state index contributed by atoms with van der Waals surface area (Å²) in [4.78, 5) is 16.5. The Bertz CT molecular complexity index is 308. The molecule has 0 N–H and O–H groups in total. The van der Waals surface area contributed by atoms with Crippen molar-refractivity contribution in [1.82, 2.24) is 0 Å². The van der Waals surface area contributed by atoms with E-state index in [-0.39, 0.29) is 6.04 Å². The topological polar surface area (TPSA) is 49.4 Å². The van der Waals surface area contributed by atoms with Crippen molar-refractivity contribution in [2.24, 2.45) is 20.0 Å². The van der Waals surface area contributed by atoms with Crippen LogP contribution < -0.4 is 0 Å². The van der Waals surface area contributed by atoms with E-state index in [1.165, 1.54) is 0 Å². The van der Waals surface area contributed by atoms with E-state index >= 15 is 0 Å². The Morgan fingerprint density at radius 3 is 2.91 bits per heavy atom. The number of hydrogen-bond acceptors (Lipinski definition) is 4. The Kier molecular flexibility index (Phi) is 1.21. The molecule has 2 aliphatic rings. The number of aliphatic imine (C=N–C) groups is 4. The minimum atomic E-state index is -0.00120. The molecule has 11 heavy (non-hydrogen) atoms. The van der Waals surface area contributed by atoms with E-state index in [0.29, 0.717) is 0 Å². The molecule has 0 saturated heterocycles. The summed E-state index contributed by atoms with van der Waals surface area (Å²) in [6, 6.07) is -0.00120. The fourth-order valence-corrected chi connectivity index (χ4v) is 1.19. The van der Waals surface area contributed by atoms with Gasteiger partial charge in [0, 0.05) is 5.71 Å². The smallest absolute Gasteiger partial charge is 0.162 e. The van der Waals surface area contributed by atoms with Crippen LogP contribution in [-0.4, -0.2) is 29.8 Å². The van der Waals surface area contributed by atoms with Crippen molar-refractivity contribution < 1.29 is 0 Å². The van der Waals surface area contributed by atoms with E-state index < -0.39 is 0 Å². The van der Waals surface area contributed by atoms with Gasteiger partial charge in [-0.3, -0.25) is 4.99 Å². The van der Waals surface area contributed by atoms with Crippen molar-refractivity contribution in [1.29, 1.82) is 0 Å². The van der Waals surface area contributed by atoms with Crippen molar-refractivity contribution >= 4 is 23.7 Å². The zero-order valence-corrected chi connectivity index (χ0v) is 6.44. The van der Waals surface area contributed by atoms with Crippen molar-refractivity contribution in [2.75, 3.05) is 0 Å². The minimum absolute atomic E-state index is 0.00120. The van der Waals surface area contributed by atoms with E-state index in [4.69, 9.17) is 0 Å². The molecule has 1 unspecified atom stereocenters. The third kappa shape index (κ3) is 0.906. The van der Waals surface area contributed by atoms with Gasteiger partial charge in [0.25, 0.3) is 0 Å². The van der Waals surface area contributed by atoms with Crippen LogP contribution in [0.15, 0.2) is 20.0 Å². The SMILES string of the molecule is CC1=NC2=NC=NC2C(C)=N1. The number of amidine groups is 2. The van der Waals surface area contributed by atoms with Gasteiger partial charge in [0.05, 0.1) is 0 Å². The molecule has 0 spiro atoms. The van der Waals surface area contributed by atoms with Gasteiger partial charge < -0.3 is 0 Å². The molecule has 0 bridgehead atoms. The van der Waals surface area contributed by atoms with Crippen LogP contribution in [0, 0.1) is 0 Å². The Morgan fingerprint density at radius 1 is 1.27 bits per heavy atom. The van der Waals surface area contributed by atoms with E-state index in [0.717, 1.165) is 17.4 Å². The summed E-state index contributed by atoms with van der Waals surface area (Å²) in [7, 11) is 0. The Morgan fingerprint density at radius 2 is 2.09 bits per heavy atom. The van der Waals surface area contributed by atoms with Gasteiger partial charge in [-0.25, -0.2) is 15.0 Å². The summed E-state index contributed by atoms with van der Waals surface area (Å²) in [6.07, 6.45) is 1.54. The number of fused-ring (bicyclic) bond motifs is 1. The van der Waals surface area contributed by atoms with Crippen LogP contribution in [-0.2, 0) is 0 Å². The Hall–Kier alpha value is -1.32. The maximum atomic E-state index is 4.20. The lowest BCUT2D eigenvalue weighted by molar-refractivity contribution is 1.12. The molecule has 0 fully saturated rings. The van der Waals surface area contributed by atoms with Crippen molar-refractivity contribution in [3.63, 3.8) is 0 Å². The lowest BCUT2D eigenvalue weighted by Gasteiger charge is -2.11. The predicted molar refractivity (Wildman–Crippen MR) is 45.9 cm³/mol. The number of hydrogen-bond donors (Lipinski definition) is 0. The highest BCUT2D eigenvalue weighted by Gasteiger charge is 2.23. The summed E-state index contributed by atoms with van der Waals surface area (Å²) in [5.41, 5.74) is 0.977. The van der Waals surface area contributed by atoms with Crippen molar-refractivity contribution in [2.45, 2.75) is 19.9 Å². The Balaban J connectivity index is 2.45. The normalized spacial score (nSPS) is 27.5. The highest BCUT2D eigenvalue weighted by Crippen LogP contribution is 2.10. The lowest BCUT2D eigenvalue weighted by atomic mass is 10.1. The molecular weight excluding hydrogens is 140 g/mol. The summed E-state index contributed by atoms with van der Waals surface area (Å²) in [5.74, 6) is 1.54. The van der Waals surface area contributed by atoms with Gasteiger partial charge in [0.15, 0.2) is 5.84 Å². The van der Waals surface area contributed by atoms with E-state index in [2.05, 4.69) is 20.0 Å². The number of rotatable bonds is 0. The molecule has 0 amide bonds. The second kappa shape index (κ2) is 2.08. The average molecular weight is 148 g/mol. The highest BCUT2D eigenvalue weighted by atomic mass is 15.1. The maximum Gasteiger partial charge on any atom is 0.162 e. The van der Waals surface area contributed by atoms with Gasteiger partial charge in [-0.15, -0.1) is 0 Å². The predicted octanol–water partition coefficient (Wildman–Crippen LogP) is 0.688. The zero-order chi connectivity index (χ0) is 7.84. The van der Waals surface area contributed by atoms with Crippen LogP contribution in [0.1, 0.15) is 13.8 Å². The van der Waals surface area contributed by atoms with Crippen LogP contribution >= 0.6 is 0 Å². The monoisotopic (exact) mass is 148 g/mol. The van der Waals surface area contributed by atoms with Crippen LogP contribution in [0.3, 0.4) is 0 Å². The van der Waals surface area contributed by atoms with Crippen LogP contribution in [0.2, 0.25) is 0 Å². The fourth-order valence-electron chi connectivity index (χ4n) is 1.19. The molecule has 56 valence electrons. The average Bonchev–Trinajstić information content (AvgIpc) is 2.34. The van der Waals surface area contributed by atoms with E-state index in [1.54, 1.807) is 6.34 Å². The van der Waals surface area contributed by atoms with Crippen molar-refractivity contribution in [3.8, 4) is 0 Å².